The highest BCUT2D eigenvalue weighted by molar-refractivity contribution is 5.82. The van der Waals surface area contributed by atoms with Gasteiger partial charge in [0.1, 0.15) is 0 Å². The maximum absolute atomic E-state index is 12.1. The Kier molecular flexibility index (Phi) is 3.47. The number of benzene rings is 1. The van der Waals surface area contributed by atoms with E-state index in [0.29, 0.717) is 24.7 Å². The lowest BCUT2D eigenvalue weighted by Gasteiger charge is -2.25. The van der Waals surface area contributed by atoms with E-state index in [0.717, 1.165) is 0 Å². The molecule has 0 fully saturated rings. The number of nitrogens with one attached hydrogen (secondary N) is 2. The number of fused-ring (bicyclic) bond motifs is 1. The summed E-state index contributed by atoms with van der Waals surface area (Å²) in [6.07, 6.45) is 0.699. The average molecular weight is 272 g/mol. The lowest BCUT2D eigenvalue weighted by atomic mass is 9.95. The van der Waals surface area contributed by atoms with Gasteiger partial charge in [-0.25, -0.2) is 0 Å². The van der Waals surface area contributed by atoms with Crippen LogP contribution >= 0.6 is 0 Å². The van der Waals surface area contributed by atoms with Gasteiger partial charge in [-0.3, -0.25) is 4.79 Å². The van der Waals surface area contributed by atoms with E-state index in [2.05, 4.69) is 32.9 Å². The van der Waals surface area contributed by atoms with Crippen molar-refractivity contribution in [3.05, 3.63) is 47.1 Å². The molecule has 6 nitrogen and oxygen atoms in total. The van der Waals surface area contributed by atoms with Crippen molar-refractivity contribution in [2.45, 2.75) is 32.5 Å². The normalized spacial score (nSPS) is 17.6. The molecule has 104 valence electrons. The molecule has 20 heavy (non-hydrogen) atoms. The number of hydrogen-bond acceptors (Lipinski definition) is 5. The van der Waals surface area contributed by atoms with E-state index < -0.39 is 0 Å². The third kappa shape index (κ3) is 2.70. The third-order valence-electron chi connectivity index (χ3n) is 3.38. The van der Waals surface area contributed by atoms with Gasteiger partial charge in [-0.1, -0.05) is 29.4 Å². The lowest BCUT2D eigenvalue weighted by molar-refractivity contribution is -0.123. The second-order valence-corrected chi connectivity index (χ2v) is 4.86. The molecule has 0 spiro atoms. The zero-order valence-electron chi connectivity index (χ0n) is 11.2. The average Bonchev–Trinajstić information content (AvgIpc) is 2.90. The van der Waals surface area contributed by atoms with Crippen molar-refractivity contribution in [1.82, 2.24) is 20.8 Å². The highest BCUT2D eigenvalue weighted by atomic mass is 16.5. The topological polar surface area (TPSA) is 80.0 Å². The predicted molar refractivity (Wildman–Crippen MR) is 71.7 cm³/mol. The monoisotopic (exact) mass is 272 g/mol. The minimum atomic E-state index is -0.214. The van der Waals surface area contributed by atoms with Gasteiger partial charge >= 0.3 is 0 Å². The van der Waals surface area contributed by atoms with Crippen LogP contribution in [-0.4, -0.2) is 22.1 Å². The van der Waals surface area contributed by atoms with Gasteiger partial charge in [0.15, 0.2) is 5.82 Å². The summed E-state index contributed by atoms with van der Waals surface area (Å²) in [7, 11) is 0. The molecule has 1 aliphatic heterocycles. The molecular formula is C14H16N4O2. The number of rotatable bonds is 3. The molecule has 1 aromatic carbocycles. The minimum Gasteiger partial charge on any atom is -0.346 e. The van der Waals surface area contributed by atoms with Crippen molar-refractivity contribution in [3.63, 3.8) is 0 Å². The number of amides is 1. The van der Waals surface area contributed by atoms with Crippen molar-refractivity contribution >= 4 is 5.91 Å². The van der Waals surface area contributed by atoms with Gasteiger partial charge < -0.3 is 15.2 Å². The summed E-state index contributed by atoms with van der Waals surface area (Å²) in [6.45, 7) is 2.72. The van der Waals surface area contributed by atoms with Gasteiger partial charge in [0.05, 0.1) is 12.6 Å². The second-order valence-electron chi connectivity index (χ2n) is 4.86. The Morgan fingerprint density at radius 3 is 3.00 bits per heavy atom. The maximum Gasteiger partial charge on any atom is 0.246 e. The first-order valence-electron chi connectivity index (χ1n) is 6.59. The van der Waals surface area contributed by atoms with E-state index in [-0.39, 0.29) is 18.5 Å². The van der Waals surface area contributed by atoms with Crippen LogP contribution in [0.4, 0.5) is 0 Å². The van der Waals surface area contributed by atoms with Crippen molar-refractivity contribution in [2.75, 3.05) is 0 Å². The summed E-state index contributed by atoms with van der Waals surface area (Å²) < 4.78 is 4.96. The summed E-state index contributed by atoms with van der Waals surface area (Å²) in [5.74, 6) is 0.946. The van der Waals surface area contributed by atoms with Crippen LogP contribution in [0.2, 0.25) is 0 Å². The molecule has 1 aliphatic rings. The first-order valence-corrected chi connectivity index (χ1v) is 6.59. The molecule has 2 heterocycles. The number of carbonyl (C=O) groups is 1. The molecular weight excluding hydrogens is 256 g/mol. The zero-order valence-corrected chi connectivity index (χ0v) is 11.2. The Balaban J connectivity index is 1.59. The van der Waals surface area contributed by atoms with Crippen molar-refractivity contribution < 1.29 is 9.32 Å². The van der Waals surface area contributed by atoms with Crippen LogP contribution in [0.1, 0.15) is 22.8 Å². The first-order chi connectivity index (χ1) is 9.72. The zero-order chi connectivity index (χ0) is 13.9. The van der Waals surface area contributed by atoms with E-state index in [1.807, 2.05) is 12.1 Å². The predicted octanol–water partition coefficient (Wildman–Crippen LogP) is 0.709. The fraction of sp³-hybridized carbons (Fsp3) is 0.357. The summed E-state index contributed by atoms with van der Waals surface area (Å²) in [4.78, 5) is 16.2. The Labute approximate surface area is 116 Å². The lowest BCUT2D eigenvalue weighted by Crippen LogP contribution is -2.47. The van der Waals surface area contributed by atoms with E-state index in [1.165, 1.54) is 11.1 Å². The van der Waals surface area contributed by atoms with Crippen LogP contribution in [0.3, 0.4) is 0 Å². The largest absolute Gasteiger partial charge is 0.346 e. The van der Waals surface area contributed by atoms with E-state index in [1.54, 1.807) is 6.92 Å². The van der Waals surface area contributed by atoms with Crippen LogP contribution < -0.4 is 10.6 Å². The molecule has 1 atom stereocenters. The molecule has 1 amide bonds. The van der Waals surface area contributed by atoms with Crippen LogP contribution in [0.5, 0.6) is 0 Å². The molecule has 0 unspecified atom stereocenters. The number of nitrogens with zero attached hydrogens (tertiary/aromatic N) is 2. The van der Waals surface area contributed by atoms with Crippen LogP contribution in [-0.2, 0) is 24.3 Å². The van der Waals surface area contributed by atoms with Gasteiger partial charge in [0, 0.05) is 6.54 Å². The molecule has 0 aliphatic carbocycles. The minimum absolute atomic E-state index is 0.0460. The highest BCUT2D eigenvalue weighted by Crippen LogP contribution is 2.16. The van der Waals surface area contributed by atoms with Crippen LogP contribution in [0.15, 0.2) is 28.8 Å². The van der Waals surface area contributed by atoms with Crippen molar-refractivity contribution in [2.24, 2.45) is 0 Å². The third-order valence-corrected chi connectivity index (χ3v) is 3.38. The molecule has 0 radical (unpaired) electrons. The van der Waals surface area contributed by atoms with Gasteiger partial charge in [-0.05, 0) is 24.5 Å². The Morgan fingerprint density at radius 1 is 1.45 bits per heavy atom. The molecule has 3 rings (SSSR count). The molecule has 0 bridgehead atoms. The van der Waals surface area contributed by atoms with Crippen LogP contribution in [0, 0.1) is 6.92 Å². The molecule has 0 saturated heterocycles. The smallest absolute Gasteiger partial charge is 0.246 e. The maximum atomic E-state index is 12.1. The Hall–Kier alpha value is -2.21. The summed E-state index contributed by atoms with van der Waals surface area (Å²) >= 11 is 0. The van der Waals surface area contributed by atoms with Crippen molar-refractivity contribution in [1.29, 1.82) is 0 Å². The molecule has 1 aromatic heterocycles. The standard InChI is InChI=1S/C14H16N4O2/c1-9-17-13(20-18-9)8-16-14(19)12-6-10-4-2-3-5-11(10)7-15-12/h2-5,12,15H,6-8H2,1H3,(H,16,19)/t12-/m1/s1. The van der Waals surface area contributed by atoms with Gasteiger partial charge in [-0.15, -0.1) is 0 Å². The van der Waals surface area contributed by atoms with E-state index in [9.17, 15) is 4.79 Å². The fourth-order valence-corrected chi connectivity index (χ4v) is 2.34. The SMILES string of the molecule is Cc1noc(CNC(=O)[C@H]2Cc3ccccc3CN2)n1. The summed E-state index contributed by atoms with van der Waals surface area (Å²) in [5, 5.41) is 9.74. The van der Waals surface area contributed by atoms with Gasteiger partial charge in [0.25, 0.3) is 0 Å². The number of aromatic nitrogens is 2. The van der Waals surface area contributed by atoms with Crippen LogP contribution in [0.25, 0.3) is 0 Å². The molecule has 0 saturated carbocycles. The molecule has 6 heteroatoms. The second kappa shape index (κ2) is 5.42. The molecule has 2 aromatic rings. The molecule has 2 N–H and O–H groups in total. The Bertz CT molecular complexity index is 623. The number of hydrogen-bond donors (Lipinski definition) is 2. The quantitative estimate of drug-likeness (QED) is 0.860. The highest BCUT2D eigenvalue weighted by Gasteiger charge is 2.23. The number of carbonyl (C=O) groups excluding carboxylic acids is 1. The Morgan fingerprint density at radius 2 is 2.25 bits per heavy atom. The first kappa shape index (κ1) is 12.8. The van der Waals surface area contributed by atoms with E-state index in [4.69, 9.17) is 4.52 Å². The van der Waals surface area contributed by atoms with Crippen molar-refractivity contribution in [3.8, 4) is 0 Å². The summed E-state index contributed by atoms with van der Waals surface area (Å²) in [5.41, 5.74) is 2.48. The summed E-state index contributed by atoms with van der Waals surface area (Å²) in [6, 6.07) is 7.95. The van der Waals surface area contributed by atoms with Gasteiger partial charge in [0.2, 0.25) is 11.8 Å². The number of aryl methyl sites for hydroxylation is 1. The van der Waals surface area contributed by atoms with E-state index >= 15 is 0 Å². The van der Waals surface area contributed by atoms with Gasteiger partial charge in [-0.2, -0.15) is 4.98 Å². The fourth-order valence-electron chi connectivity index (χ4n) is 2.34.